The van der Waals surface area contributed by atoms with E-state index in [2.05, 4.69) is 5.16 Å². The molecule has 5 nitrogen and oxygen atoms in total. The van der Waals surface area contributed by atoms with Gasteiger partial charge in [-0.05, 0) is 31.6 Å². The minimum atomic E-state index is -0.710. The predicted molar refractivity (Wildman–Crippen MR) is 60.1 cm³/mol. The second kappa shape index (κ2) is 3.96. The molecule has 2 aliphatic rings. The number of oxime groups is 1. The van der Waals surface area contributed by atoms with Crippen molar-refractivity contribution in [3.05, 3.63) is 0 Å². The van der Waals surface area contributed by atoms with Crippen LogP contribution in [0, 0.1) is 11.3 Å². The topological polar surface area (TPSA) is 78.9 Å². The van der Waals surface area contributed by atoms with Gasteiger partial charge in [-0.2, -0.15) is 0 Å². The summed E-state index contributed by atoms with van der Waals surface area (Å²) in [6, 6.07) is 0. The number of amidine groups is 1. The van der Waals surface area contributed by atoms with Crippen molar-refractivity contribution < 1.29 is 10.0 Å². The standard InChI is InChI=1S/C11H19N3O2/c1-14(7-8-3-4-8)10(15)11(5-2-6-11)9(12)13-16/h8,16H,2-7H2,1H3,(H2,12,13). The summed E-state index contributed by atoms with van der Waals surface area (Å²) >= 11 is 0. The van der Waals surface area contributed by atoms with E-state index in [1.54, 1.807) is 4.90 Å². The monoisotopic (exact) mass is 225 g/mol. The van der Waals surface area contributed by atoms with Gasteiger partial charge in [-0.25, -0.2) is 0 Å². The van der Waals surface area contributed by atoms with Crippen LogP contribution in [-0.2, 0) is 4.79 Å². The molecule has 0 heterocycles. The van der Waals surface area contributed by atoms with Gasteiger partial charge < -0.3 is 15.8 Å². The second-order valence-corrected chi connectivity index (χ2v) is 5.05. The molecule has 0 radical (unpaired) electrons. The van der Waals surface area contributed by atoms with Crippen molar-refractivity contribution in [2.75, 3.05) is 13.6 Å². The Morgan fingerprint density at radius 2 is 2.19 bits per heavy atom. The third-order valence-electron chi connectivity index (χ3n) is 3.79. The van der Waals surface area contributed by atoms with Gasteiger partial charge in [0, 0.05) is 13.6 Å². The minimum absolute atomic E-state index is 0.0148. The number of hydrogen-bond donors (Lipinski definition) is 2. The molecule has 0 bridgehead atoms. The number of carbonyl (C=O) groups excluding carboxylic acids is 1. The van der Waals surface area contributed by atoms with Gasteiger partial charge in [-0.15, -0.1) is 0 Å². The Morgan fingerprint density at radius 3 is 2.56 bits per heavy atom. The van der Waals surface area contributed by atoms with Crippen molar-refractivity contribution in [1.29, 1.82) is 0 Å². The lowest BCUT2D eigenvalue weighted by Gasteiger charge is -2.41. The zero-order valence-electron chi connectivity index (χ0n) is 9.65. The summed E-state index contributed by atoms with van der Waals surface area (Å²) in [5, 5.41) is 11.8. The molecular weight excluding hydrogens is 206 g/mol. The molecule has 90 valence electrons. The largest absolute Gasteiger partial charge is 0.409 e. The molecule has 2 saturated carbocycles. The number of hydrogen-bond acceptors (Lipinski definition) is 3. The zero-order chi connectivity index (χ0) is 11.8. The molecule has 3 N–H and O–H groups in total. The van der Waals surface area contributed by atoms with Gasteiger partial charge in [0.25, 0.3) is 0 Å². The average molecular weight is 225 g/mol. The van der Waals surface area contributed by atoms with E-state index in [4.69, 9.17) is 10.9 Å². The summed E-state index contributed by atoms with van der Waals surface area (Å²) in [4.78, 5) is 14.0. The molecule has 0 spiro atoms. The lowest BCUT2D eigenvalue weighted by atomic mass is 9.67. The first-order valence-electron chi connectivity index (χ1n) is 5.84. The highest BCUT2D eigenvalue weighted by Crippen LogP contribution is 2.43. The van der Waals surface area contributed by atoms with Crippen LogP contribution in [0.25, 0.3) is 0 Å². The van der Waals surface area contributed by atoms with Crippen molar-refractivity contribution in [3.63, 3.8) is 0 Å². The molecule has 2 fully saturated rings. The summed E-state index contributed by atoms with van der Waals surface area (Å²) in [7, 11) is 1.81. The Hall–Kier alpha value is -1.26. The molecule has 1 amide bonds. The molecule has 2 rings (SSSR count). The molecule has 0 saturated heterocycles. The van der Waals surface area contributed by atoms with Gasteiger partial charge in [-0.3, -0.25) is 4.79 Å². The lowest BCUT2D eigenvalue weighted by molar-refractivity contribution is -0.141. The normalized spacial score (nSPS) is 23.7. The van der Waals surface area contributed by atoms with E-state index >= 15 is 0 Å². The van der Waals surface area contributed by atoms with Crippen LogP contribution >= 0.6 is 0 Å². The number of amides is 1. The molecule has 5 heteroatoms. The third-order valence-corrected chi connectivity index (χ3v) is 3.79. The highest BCUT2D eigenvalue weighted by Gasteiger charge is 2.50. The second-order valence-electron chi connectivity index (χ2n) is 5.05. The molecule has 0 unspecified atom stereocenters. The van der Waals surface area contributed by atoms with Crippen LogP contribution in [0.2, 0.25) is 0 Å². The fourth-order valence-electron chi connectivity index (χ4n) is 2.34. The zero-order valence-corrected chi connectivity index (χ0v) is 9.65. The highest BCUT2D eigenvalue weighted by atomic mass is 16.4. The maximum absolute atomic E-state index is 12.3. The van der Waals surface area contributed by atoms with Crippen molar-refractivity contribution in [2.45, 2.75) is 32.1 Å². The molecule has 0 aliphatic heterocycles. The molecule has 0 aromatic rings. The molecule has 16 heavy (non-hydrogen) atoms. The summed E-state index contributed by atoms with van der Waals surface area (Å²) in [6.07, 6.45) is 4.81. The van der Waals surface area contributed by atoms with Gasteiger partial charge >= 0.3 is 0 Å². The van der Waals surface area contributed by atoms with Crippen LogP contribution in [0.1, 0.15) is 32.1 Å². The Labute approximate surface area is 95.3 Å². The van der Waals surface area contributed by atoms with Gasteiger partial charge in [0.15, 0.2) is 5.84 Å². The van der Waals surface area contributed by atoms with E-state index < -0.39 is 5.41 Å². The Morgan fingerprint density at radius 1 is 1.56 bits per heavy atom. The van der Waals surface area contributed by atoms with E-state index in [0.717, 1.165) is 13.0 Å². The first kappa shape index (κ1) is 11.2. The lowest BCUT2D eigenvalue weighted by Crippen LogP contribution is -2.54. The average Bonchev–Trinajstić information content (AvgIpc) is 2.99. The summed E-state index contributed by atoms with van der Waals surface area (Å²) in [6.45, 7) is 0.805. The summed E-state index contributed by atoms with van der Waals surface area (Å²) < 4.78 is 0. The number of nitrogens with zero attached hydrogens (tertiary/aromatic N) is 2. The van der Waals surface area contributed by atoms with Crippen molar-refractivity contribution >= 4 is 11.7 Å². The fraction of sp³-hybridized carbons (Fsp3) is 0.818. The van der Waals surface area contributed by atoms with E-state index in [0.29, 0.717) is 18.8 Å². The van der Waals surface area contributed by atoms with E-state index in [1.165, 1.54) is 12.8 Å². The maximum atomic E-state index is 12.3. The van der Waals surface area contributed by atoms with Gasteiger partial charge in [0.05, 0.1) is 0 Å². The quantitative estimate of drug-likeness (QED) is 0.321. The van der Waals surface area contributed by atoms with Crippen LogP contribution in [0.4, 0.5) is 0 Å². The molecule has 0 atom stereocenters. The fourth-order valence-corrected chi connectivity index (χ4v) is 2.34. The van der Waals surface area contributed by atoms with E-state index in [9.17, 15) is 4.79 Å². The van der Waals surface area contributed by atoms with Crippen LogP contribution in [0.15, 0.2) is 5.16 Å². The maximum Gasteiger partial charge on any atom is 0.236 e. The van der Waals surface area contributed by atoms with Crippen LogP contribution in [0.3, 0.4) is 0 Å². The Balaban J connectivity index is 2.05. The van der Waals surface area contributed by atoms with Crippen molar-refractivity contribution in [1.82, 2.24) is 4.90 Å². The predicted octanol–water partition coefficient (Wildman–Crippen LogP) is 0.771. The number of nitrogens with two attached hydrogens (primary N) is 1. The van der Waals surface area contributed by atoms with Crippen molar-refractivity contribution in [2.24, 2.45) is 22.2 Å². The van der Waals surface area contributed by atoms with Crippen LogP contribution in [0.5, 0.6) is 0 Å². The smallest absolute Gasteiger partial charge is 0.236 e. The van der Waals surface area contributed by atoms with E-state index in [1.807, 2.05) is 7.05 Å². The van der Waals surface area contributed by atoms with Gasteiger partial charge in [0.1, 0.15) is 5.41 Å². The van der Waals surface area contributed by atoms with Crippen LogP contribution in [-0.4, -0.2) is 35.4 Å². The number of carbonyl (C=O) groups is 1. The van der Waals surface area contributed by atoms with Crippen molar-refractivity contribution in [3.8, 4) is 0 Å². The first-order valence-corrected chi connectivity index (χ1v) is 5.84. The molecular formula is C11H19N3O2. The van der Waals surface area contributed by atoms with Gasteiger partial charge in [0.2, 0.25) is 5.91 Å². The summed E-state index contributed by atoms with van der Waals surface area (Å²) in [5.41, 5.74) is 4.94. The highest BCUT2D eigenvalue weighted by molar-refractivity contribution is 6.07. The van der Waals surface area contributed by atoms with Gasteiger partial charge in [-0.1, -0.05) is 11.6 Å². The first-order chi connectivity index (χ1) is 7.60. The third kappa shape index (κ3) is 1.74. The SMILES string of the molecule is CN(CC1CC1)C(=O)C1(C(N)=NO)CCC1. The molecule has 0 aromatic carbocycles. The van der Waals surface area contributed by atoms with Crippen LogP contribution < -0.4 is 5.73 Å². The Bertz CT molecular complexity index is 319. The van der Waals surface area contributed by atoms with E-state index in [-0.39, 0.29) is 11.7 Å². The minimum Gasteiger partial charge on any atom is -0.409 e. The molecule has 2 aliphatic carbocycles. The number of rotatable bonds is 4. The Kier molecular flexibility index (Phi) is 2.78. The molecule has 0 aromatic heterocycles. The summed E-state index contributed by atoms with van der Waals surface area (Å²) in [5.74, 6) is 0.755.